The molecule has 17 heavy (non-hydrogen) atoms. The number of amides is 1. The summed E-state index contributed by atoms with van der Waals surface area (Å²) in [6.45, 7) is 4.86. The minimum Gasteiger partial charge on any atom is -0.355 e. The molecule has 0 spiro atoms. The molecule has 0 bridgehead atoms. The monoisotopic (exact) mass is 239 g/mol. The standard InChI is InChI=1S/C13H25N3O/c14-10-11-4-3-5-12(11)13(17)15-6-9-16-7-1-2-8-16/h11-12H,1-10,14H2,(H,15,17). The van der Waals surface area contributed by atoms with Crippen molar-refractivity contribution in [2.45, 2.75) is 32.1 Å². The van der Waals surface area contributed by atoms with Crippen LogP contribution in [0, 0.1) is 11.8 Å². The van der Waals surface area contributed by atoms with Crippen molar-refractivity contribution in [2.24, 2.45) is 17.6 Å². The van der Waals surface area contributed by atoms with Gasteiger partial charge in [-0.2, -0.15) is 0 Å². The number of hydrogen-bond acceptors (Lipinski definition) is 3. The second-order valence-electron chi connectivity index (χ2n) is 5.37. The molecule has 4 nitrogen and oxygen atoms in total. The number of nitrogens with two attached hydrogens (primary N) is 1. The van der Waals surface area contributed by atoms with Crippen molar-refractivity contribution in [3.63, 3.8) is 0 Å². The van der Waals surface area contributed by atoms with Gasteiger partial charge in [0.05, 0.1) is 0 Å². The van der Waals surface area contributed by atoms with Crippen molar-refractivity contribution in [1.29, 1.82) is 0 Å². The zero-order valence-corrected chi connectivity index (χ0v) is 10.7. The number of carbonyl (C=O) groups excluding carboxylic acids is 1. The second kappa shape index (κ2) is 6.36. The molecule has 1 heterocycles. The molecule has 98 valence electrons. The average Bonchev–Trinajstić information content (AvgIpc) is 2.99. The van der Waals surface area contributed by atoms with Crippen molar-refractivity contribution >= 4 is 5.91 Å². The van der Waals surface area contributed by atoms with Gasteiger partial charge in [-0.15, -0.1) is 0 Å². The fourth-order valence-electron chi connectivity index (χ4n) is 3.14. The minimum atomic E-state index is 0.179. The Morgan fingerprint density at radius 3 is 2.71 bits per heavy atom. The highest BCUT2D eigenvalue weighted by Crippen LogP contribution is 2.30. The zero-order chi connectivity index (χ0) is 12.1. The van der Waals surface area contributed by atoms with E-state index in [9.17, 15) is 4.79 Å². The van der Waals surface area contributed by atoms with E-state index in [0.717, 1.165) is 32.4 Å². The fraction of sp³-hybridized carbons (Fsp3) is 0.923. The summed E-state index contributed by atoms with van der Waals surface area (Å²) in [6, 6.07) is 0. The van der Waals surface area contributed by atoms with Crippen LogP contribution in [0.4, 0.5) is 0 Å². The Labute approximate surface area is 104 Å². The maximum atomic E-state index is 12.0. The smallest absolute Gasteiger partial charge is 0.223 e. The summed E-state index contributed by atoms with van der Waals surface area (Å²) >= 11 is 0. The molecule has 1 amide bonds. The first kappa shape index (κ1) is 12.8. The maximum absolute atomic E-state index is 12.0. The van der Waals surface area contributed by atoms with E-state index >= 15 is 0 Å². The molecule has 2 fully saturated rings. The molecular weight excluding hydrogens is 214 g/mol. The van der Waals surface area contributed by atoms with E-state index in [1.807, 2.05) is 0 Å². The lowest BCUT2D eigenvalue weighted by molar-refractivity contribution is -0.126. The van der Waals surface area contributed by atoms with Crippen LogP contribution in [0.3, 0.4) is 0 Å². The Morgan fingerprint density at radius 2 is 2.00 bits per heavy atom. The molecule has 2 aliphatic rings. The van der Waals surface area contributed by atoms with Gasteiger partial charge in [-0.3, -0.25) is 4.79 Å². The lowest BCUT2D eigenvalue weighted by atomic mass is 9.95. The number of nitrogens with zero attached hydrogens (tertiary/aromatic N) is 1. The number of nitrogens with one attached hydrogen (secondary N) is 1. The molecular formula is C13H25N3O. The molecule has 2 unspecified atom stereocenters. The predicted octanol–water partition coefficient (Wildman–Crippen LogP) is 0.573. The van der Waals surface area contributed by atoms with Gasteiger partial charge in [0.2, 0.25) is 5.91 Å². The first-order chi connectivity index (χ1) is 8.31. The number of carbonyl (C=O) groups is 1. The topological polar surface area (TPSA) is 58.4 Å². The second-order valence-corrected chi connectivity index (χ2v) is 5.37. The van der Waals surface area contributed by atoms with Gasteiger partial charge in [-0.1, -0.05) is 6.42 Å². The van der Waals surface area contributed by atoms with Crippen LogP contribution in [0.5, 0.6) is 0 Å². The molecule has 4 heteroatoms. The van der Waals surface area contributed by atoms with Crippen molar-refractivity contribution < 1.29 is 4.79 Å². The molecule has 2 atom stereocenters. The van der Waals surface area contributed by atoms with E-state index in [-0.39, 0.29) is 11.8 Å². The Bertz CT molecular complexity index is 251. The molecule has 2 rings (SSSR count). The molecule has 1 aliphatic carbocycles. The third kappa shape index (κ3) is 3.42. The van der Waals surface area contributed by atoms with E-state index in [2.05, 4.69) is 10.2 Å². The number of hydrogen-bond donors (Lipinski definition) is 2. The van der Waals surface area contributed by atoms with Gasteiger partial charge in [0.15, 0.2) is 0 Å². The van der Waals surface area contributed by atoms with Crippen LogP contribution in [0.1, 0.15) is 32.1 Å². The highest BCUT2D eigenvalue weighted by molar-refractivity contribution is 5.79. The Morgan fingerprint density at radius 1 is 1.24 bits per heavy atom. The van der Waals surface area contributed by atoms with Crippen molar-refractivity contribution in [3.8, 4) is 0 Å². The van der Waals surface area contributed by atoms with E-state index < -0.39 is 0 Å². The lowest BCUT2D eigenvalue weighted by Gasteiger charge is -2.19. The molecule has 1 saturated heterocycles. The molecule has 1 aliphatic heterocycles. The highest BCUT2D eigenvalue weighted by atomic mass is 16.1. The van der Waals surface area contributed by atoms with E-state index in [1.54, 1.807) is 0 Å². The summed E-state index contributed by atoms with van der Waals surface area (Å²) in [4.78, 5) is 14.4. The third-order valence-corrected chi connectivity index (χ3v) is 4.22. The molecule has 1 saturated carbocycles. The van der Waals surface area contributed by atoms with Crippen LogP contribution in [0.25, 0.3) is 0 Å². The molecule has 3 N–H and O–H groups in total. The van der Waals surface area contributed by atoms with Crippen LogP contribution in [-0.4, -0.2) is 43.5 Å². The van der Waals surface area contributed by atoms with Gasteiger partial charge in [0, 0.05) is 19.0 Å². The average molecular weight is 239 g/mol. The Kier molecular flexibility index (Phi) is 4.80. The fourth-order valence-corrected chi connectivity index (χ4v) is 3.14. The van der Waals surface area contributed by atoms with Gasteiger partial charge >= 0.3 is 0 Å². The van der Waals surface area contributed by atoms with Crippen LogP contribution >= 0.6 is 0 Å². The van der Waals surface area contributed by atoms with Gasteiger partial charge in [0.25, 0.3) is 0 Å². The van der Waals surface area contributed by atoms with Gasteiger partial charge in [0.1, 0.15) is 0 Å². The van der Waals surface area contributed by atoms with Gasteiger partial charge in [-0.25, -0.2) is 0 Å². The molecule has 0 aromatic rings. The predicted molar refractivity (Wildman–Crippen MR) is 68.6 cm³/mol. The Hall–Kier alpha value is -0.610. The number of likely N-dealkylation sites (tertiary alicyclic amines) is 1. The number of rotatable bonds is 5. The normalized spacial score (nSPS) is 29.7. The van der Waals surface area contributed by atoms with Crippen LogP contribution in [-0.2, 0) is 4.79 Å². The SMILES string of the molecule is NCC1CCCC1C(=O)NCCN1CCCC1. The molecule has 0 aromatic heterocycles. The summed E-state index contributed by atoms with van der Waals surface area (Å²) in [7, 11) is 0. The summed E-state index contributed by atoms with van der Waals surface area (Å²) in [6.07, 6.45) is 5.93. The van der Waals surface area contributed by atoms with Crippen molar-refractivity contribution in [1.82, 2.24) is 10.2 Å². The largest absolute Gasteiger partial charge is 0.355 e. The molecule has 0 radical (unpaired) electrons. The summed E-state index contributed by atoms with van der Waals surface area (Å²) in [5, 5.41) is 3.08. The van der Waals surface area contributed by atoms with Gasteiger partial charge in [-0.05, 0) is 51.2 Å². The summed E-state index contributed by atoms with van der Waals surface area (Å²) < 4.78 is 0. The third-order valence-electron chi connectivity index (χ3n) is 4.22. The van der Waals surface area contributed by atoms with Crippen molar-refractivity contribution in [2.75, 3.05) is 32.7 Å². The summed E-state index contributed by atoms with van der Waals surface area (Å²) in [5.74, 6) is 0.831. The minimum absolute atomic E-state index is 0.179. The van der Waals surface area contributed by atoms with E-state index in [1.165, 1.54) is 25.9 Å². The van der Waals surface area contributed by atoms with Crippen LogP contribution in [0.2, 0.25) is 0 Å². The zero-order valence-electron chi connectivity index (χ0n) is 10.7. The quantitative estimate of drug-likeness (QED) is 0.737. The highest BCUT2D eigenvalue weighted by Gasteiger charge is 2.31. The van der Waals surface area contributed by atoms with Crippen LogP contribution < -0.4 is 11.1 Å². The van der Waals surface area contributed by atoms with E-state index in [4.69, 9.17) is 5.73 Å². The first-order valence-corrected chi connectivity index (χ1v) is 7.01. The lowest BCUT2D eigenvalue weighted by Crippen LogP contribution is -2.39. The van der Waals surface area contributed by atoms with Crippen molar-refractivity contribution in [3.05, 3.63) is 0 Å². The molecule has 0 aromatic carbocycles. The van der Waals surface area contributed by atoms with E-state index in [0.29, 0.717) is 12.5 Å². The maximum Gasteiger partial charge on any atom is 0.223 e. The first-order valence-electron chi connectivity index (χ1n) is 7.01. The Balaban J connectivity index is 1.66. The summed E-state index contributed by atoms with van der Waals surface area (Å²) in [5.41, 5.74) is 5.70. The van der Waals surface area contributed by atoms with Crippen LogP contribution in [0.15, 0.2) is 0 Å². The van der Waals surface area contributed by atoms with Gasteiger partial charge < -0.3 is 16.0 Å².